The van der Waals surface area contributed by atoms with Gasteiger partial charge in [-0.15, -0.1) is 11.3 Å². The molecule has 0 aliphatic carbocycles. The number of pyridine rings is 2. The van der Waals surface area contributed by atoms with Gasteiger partial charge >= 0.3 is 0 Å². The smallest absolute Gasteiger partial charge is 0.259 e. The lowest BCUT2D eigenvalue weighted by molar-refractivity contribution is 0.102. The van der Waals surface area contributed by atoms with Crippen LogP contribution in [0, 0.1) is 13.8 Å². The lowest BCUT2D eigenvalue weighted by Gasteiger charge is -2.08. The number of anilines is 1. The van der Waals surface area contributed by atoms with Gasteiger partial charge in [0.05, 0.1) is 44.8 Å². The molecule has 1 N–H and O–H groups in total. The third-order valence-corrected chi connectivity index (χ3v) is 5.65. The Kier molecular flexibility index (Phi) is 3.92. The summed E-state index contributed by atoms with van der Waals surface area (Å²) in [4.78, 5) is 23.1. The predicted molar refractivity (Wildman–Crippen MR) is 111 cm³/mol. The fraction of sp³-hybridized carbons (Fsp3) is 0.150. The molecule has 1 amide bonds. The van der Waals surface area contributed by atoms with Gasteiger partial charge in [-0.3, -0.25) is 9.48 Å². The molecule has 0 atom stereocenters. The minimum absolute atomic E-state index is 0.274. The number of carbonyl (C=O) groups excluding carboxylic acids is 1. The summed E-state index contributed by atoms with van der Waals surface area (Å²) in [5.74, 6) is -0.274. The number of nitrogens with one attached hydrogen (secondary N) is 1. The van der Waals surface area contributed by atoms with Crippen molar-refractivity contribution in [3.8, 4) is 10.6 Å². The molecule has 0 aromatic carbocycles. The van der Waals surface area contributed by atoms with Crippen molar-refractivity contribution >= 4 is 45.1 Å². The van der Waals surface area contributed by atoms with E-state index in [0.29, 0.717) is 33.7 Å². The van der Waals surface area contributed by atoms with Crippen LogP contribution in [0.4, 0.5) is 5.69 Å². The zero-order chi connectivity index (χ0) is 20.1. The molecule has 0 fully saturated rings. The molecule has 0 radical (unpaired) electrons. The van der Waals surface area contributed by atoms with E-state index in [0.717, 1.165) is 21.6 Å². The standard InChI is InChI=1S/C20H16N6O2S/c1-10-13-7-12(9-21-18(13)26(3)24-10)22-19(27)14-8-15(16-5-4-6-29-16)23-20-17(14)11(2)25-28-20/h4-9H,1-3H3,(H,22,27). The van der Waals surface area contributed by atoms with Crippen molar-refractivity contribution in [2.45, 2.75) is 13.8 Å². The molecular weight excluding hydrogens is 388 g/mol. The van der Waals surface area contributed by atoms with Crippen LogP contribution in [0.25, 0.3) is 32.7 Å². The molecule has 0 bridgehead atoms. The highest BCUT2D eigenvalue weighted by atomic mass is 32.1. The third-order valence-electron chi connectivity index (χ3n) is 4.76. The Morgan fingerprint density at radius 2 is 2.10 bits per heavy atom. The van der Waals surface area contributed by atoms with Gasteiger partial charge in [-0.25, -0.2) is 9.97 Å². The second-order valence-electron chi connectivity index (χ2n) is 6.74. The maximum atomic E-state index is 13.2. The Labute approximate surface area is 169 Å². The van der Waals surface area contributed by atoms with Crippen LogP contribution in [0.3, 0.4) is 0 Å². The van der Waals surface area contributed by atoms with Gasteiger partial charge in [-0.05, 0) is 37.4 Å². The second kappa shape index (κ2) is 6.49. The zero-order valence-corrected chi connectivity index (χ0v) is 16.7. The van der Waals surface area contributed by atoms with E-state index in [1.807, 2.05) is 37.6 Å². The number of thiophene rings is 1. The monoisotopic (exact) mass is 404 g/mol. The first-order valence-electron chi connectivity index (χ1n) is 8.93. The number of carbonyl (C=O) groups is 1. The maximum absolute atomic E-state index is 13.2. The summed E-state index contributed by atoms with van der Waals surface area (Å²) in [6.45, 7) is 3.71. The molecule has 0 saturated heterocycles. The van der Waals surface area contributed by atoms with Gasteiger partial charge < -0.3 is 9.84 Å². The molecule has 144 valence electrons. The lowest BCUT2D eigenvalue weighted by Crippen LogP contribution is -2.13. The van der Waals surface area contributed by atoms with Crippen molar-refractivity contribution in [1.29, 1.82) is 0 Å². The van der Waals surface area contributed by atoms with Crippen LogP contribution in [0.1, 0.15) is 21.7 Å². The van der Waals surface area contributed by atoms with Gasteiger partial charge in [0, 0.05) is 12.4 Å². The zero-order valence-electron chi connectivity index (χ0n) is 15.9. The number of aromatic nitrogens is 5. The molecule has 0 spiro atoms. The molecule has 0 aliphatic rings. The largest absolute Gasteiger partial charge is 0.335 e. The average Bonchev–Trinajstić information content (AvgIpc) is 3.42. The van der Waals surface area contributed by atoms with E-state index in [9.17, 15) is 4.79 Å². The van der Waals surface area contributed by atoms with Crippen LogP contribution in [0.15, 0.2) is 40.4 Å². The van der Waals surface area contributed by atoms with E-state index >= 15 is 0 Å². The summed E-state index contributed by atoms with van der Waals surface area (Å²) >= 11 is 1.55. The van der Waals surface area contributed by atoms with Crippen molar-refractivity contribution < 1.29 is 9.32 Å². The molecule has 5 rings (SSSR count). The molecule has 9 heteroatoms. The Hall–Kier alpha value is -3.59. The Morgan fingerprint density at radius 3 is 2.90 bits per heavy atom. The number of rotatable bonds is 3. The average molecular weight is 404 g/mol. The lowest BCUT2D eigenvalue weighted by atomic mass is 10.1. The Morgan fingerprint density at radius 1 is 1.24 bits per heavy atom. The third kappa shape index (κ3) is 2.87. The molecule has 29 heavy (non-hydrogen) atoms. The molecular formula is C20H16N6O2S. The fourth-order valence-electron chi connectivity index (χ4n) is 3.40. The molecule has 5 aromatic rings. The summed E-state index contributed by atoms with van der Waals surface area (Å²) in [5, 5.41) is 14.8. The number of hydrogen-bond donors (Lipinski definition) is 1. The van der Waals surface area contributed by atoms with E-state index in [-0.39, 0.29) is 5.91 Å². The number of hydrogen-bond acceptors (Lipinski definition) is 7. The van der Waals surface area contributed by atoms with E-state index in [1.54, 1.807) is 35.2 Å². The minimum atomic E-state index is -0.274. The summed E-state index contributed by atoms with van der Waals surface area (Å²) in [5.41, 5.74) is 4.30. The summed E-state index contributed by atoms with van der Waals surface area (Å²) in [6.07, 6.45) is 1.63. The van der Waals surface area contributed by atoms with Crippen LogP contribution < -0.4 is 5.32 Å². The quantitative estimate of drug-likeness (QED) is 0.486. The summed E-state index contributed by atoms with van der Waals surface area (Å²) in [6, 6.07) is 7.54. The molecule has 0 saturated carbocycles. The number of nitrogens with zero attached hydrogens (tertiary/aromatic N) is 5. The van der Waals surface area contributed by atoms with Crippen molar-refractivity contribution in [2.24, 2.45) is 7.05 Å². The first kappa shape index (κ1) is 17.5. The van der Waals surface area contributed by atoms with E-state index in [2.05, 4.69) is 25.5 Å². The SMILES string of the molecule is Cc1nn(C)c2ncc(NC(=O)c3cc(-c4cccs4)nc4onc(C)c34)cc12. The highest BCUT2D eigenvalue weighted by Crippen LogP contribution is 2.30. The second-order valence-corrected chi connectivity index (χ2v) is 7.69. The maximum Gasteiger partial charge on any atom is 0.259 e. The normalized spacial score (nSPS) is 11.4. The van der Waals surface area contributed by atoms with E-state index < -0.39 is 0 Å². The number of aryl methyl sites for hydroxylation is 3. The fourth-order valence-corrected chi connectivity index (χ4v) is 4.09. The van der Waals surface area contributed by atoms with Crippen LogP contribution in [0.5, 0.6) is 0 Å². The van der Waals surface area contributed by atoms with Crippen molar-refractivity contribution in [3.63, 3.8) is 0 Å². The Bertz CT molecular complexity index is 1380. The highest BCUT2D eigenvalue weighted by Gasteiger charge is 2.20. The number of amides is 1. The highest BCUT2D eigenvalue weighted by molar-refractivity contribution is 7.13. The van der Waals surface area contributed by atoms with Gasteiger partial charge in [-0.1, -0.05) is 11.2 Å². The number of fused-ring (bicyclic) bond motifs is 2. The van der Waals surface area contributed by atoms with Crippen LogP contribution in [-0.4, -0.2) is 30.8 Å². The van der Waals surface area contributed by atoms with E-state index in [1.165, 1.54) is 0 Å². The van der Waals surface area contributed by atoms with E-state index in [4.69, 9.17) is 4.52 Å². The summed E-state index contributed by atoms with van der Waals surface area (Å²) in [7, 11) is 1.84. The van der Waals surface area contributed by atoms with Gasteiger partial charge in [0.2, 0.25) is 0 Å². The Balaban J connectivity index is 1.58. The van der Waals surface area contributed by atoms with Crippen LogP contribution >= 0.6 is 11.3 Å². The first-order chi connectivity index (χ1) is 14.0. The first-order valence-corrected chi connectivity index (χ1v) is 9.81. The van der Waals surface area contributed by atoms with Gasteiger partial charge in [-0.2, -0.15) is 5.10 Å². The summed E-state index contributed by atoms with van der Waals surface area (Å²) < 4.78 is 7.06. The van der Waals surface area contributed by atoms with Crippen molar-refractivity contribution in [1.82, 2.24) is 24.9 Å². The molecule has 8 nitrogen and oxygen atoms in total. The van der Waals surface area contributed by atoms with Crippen LogP contribution in [-0.2, 0) is 7.05 Å². The van der Waals surface area contributed by atoms with Crippen LogP contribution in [0.2, 0.25) is 0 Å². The molecule has 0 unspecified atom stereocenters. The molecule has 5 aromatic heterocycles. The predicted octanol–water partition coefficient (Wildman–Crippen LogP) is 4.10. The molecule has 5 heterocycles. The topological polar surface area (TPSA) is 98.7 Å². The van der Waals surface area contributed by atoms with Gasteiger partial charge in [0.15, 0.2) is 5.65 Å². The van der Waals surface area contributed by atoms with Crippen molar-refractivity contribution in [2.75, 3.05) is 5.32 Å². The molecule has 0 aliphatic heterocycles. The van der Waals surface area contributed by atoms with Gasteiger partial charge in [0.25, 0.3) is 11.6 Å². The minimum Gasteiger partial charge on any atom is -0.335 e. The van der Waals surface area contributed by atoms with Gasteiger partial charge in [0.1, 0.15) is 0 Å². The van der Waals surface area contributed by atoms with Crippen molar-refractivity contribution in [3.05, 3.63) is 52.8 Å².